The van der Waals surface area contributed by atoms with Gasteiger partial charge in [-0.15, -0.1) is 0 Å². The van der Waals surface area contributed by atoms with Crippen molar-refractivity contribution in [1.29, 1.82) is 0 Å². The monoisotopic (exact) mass is 438 g/mol. The van der Waals surface area contributed by atoms with Gasteiger partial charge in [-0.1, -0.05) is 73.0 Å². The summed E-state index contributed by atoms with van der Waals surface area (Å²) in [5.41, 5.74) is 6.73. The predicted octanol–water partition coefficient (Wildman–Crippen LogP) is 6.86. The number of fused-ring (bicyclic) bond motifs is 1. The Morgan fingerprint density at radius 2 is 1.90 bits per heavy atom. The second kappa shape index (κ2) is 8.71. The van der Waals surface area contributed by atoms with E-state index in [0.29, 0.717) is 16.6 Å². The van der Waals surface area contributed by atoms with Crippen LogP contribution >= 0.6 is 23.2 Å². The Morgan fingerprint density at radius 1 is 1.13 bits per heavy atom. The van der Waals surface area contributed by atoms with Gasteiger partial charge in [0.25, 0.3) is 5.91 Å². The molecule has 30 heavy (non-hydrogen) atoms. The third kappa shape index (κ3) is 3.80. The zero-order chi connectivity index (χ0) is 21.3. The standard InChI is InChI=1S/C25H24Cl2N2O/c1-3-4-5-6-17-7-9-18(10-8-17)24-16(2)23-22(13-14-28-25(23)30)29(24)21-12-11-19(26)15-20(21)27/h5-12,15H,3-4,13-14H2,1-2H3,(H,28,30)/b6-5+. The molecule has 0 radical (unpaired) electrons. The number of halogens is 2. The van der Waals surface area contributed by atoms with E-state index in [1.165, 1.54) is 0 Å². The Kier molecular flexibility index (Phi) is 6.03. The molecule has 2 heterocycles. The van der Waals surface area contributed by atoms with Crippen LogP contribution in [0.1, 0.15) is 46.9 Å². The minimum Gasteiger partial charge on any atom is -0.352 e. The highest BCUT2D eigenvalue weighted by atomic mass is 35.5. The Labute approximate surface area is 187 Å². The molecule has 3 aromatic rings. The molecular formula is C25H24Cl2N2O. The average molecular weight is 439 g/mol. The normalized spacial score (nSPS) is 13.5. The van der Waals surface area contributed by atoms with Gasteiger partial charge in [-0.05, 0) is 48.2 Å². The summed E-state index contributed by atoms with van der Waals surface area (Å²) in [6, 6.07) is 13.9. The third-order valence-corrected chi connectivity index (χ3v) is 6.02. The van der Waals surface area contributed by atoms with Gasteiger partial charge in [-0.2, -0.15) is 0 Å². The molecule has 0 atom stereocenters. The van der Waals surface area contributed by atoms with Gasteiger partial charge in [0.1, 0.15) is 0 Å². The van der Waals surface area contributed by atoms with Gasteiger partial charge in [0.15, 0.2) is 0 Å². The van der Waals surface area contributed by atoms with E-state index < -0.39 is 0 Å². The number of hydrogen-bond acceptors (Lipinski definition) is 1. The van der Waals surface area contributed by atoms with E-state index in [-0.39, 0.29) is 5.91 Å². The Morgan fingerprint density at radius 3 is 2.60 bits per heavy atom. The Bertz CT molecular complexity index is 1130. The molecule has 0 fully saturated rings. The van der Waals surface area contributed by atoms with E-state index in [1.54, 1.807) is 6.07 Å². The van der Waals surface area contributed by atoms with Crippen LogP contribution in [0.3, 0.4) is 0 Å². The molecule has 0 bridgehead atoms. The minimum atomic E-state index is -0.0297. The zero-order valence-electron chi connectivity index (χ0n) is 17.1. The molecule has 1 aliphatic heterocycles. The van der Waals surface area contributed by atoms with E-state index >= 15 is 0 Å². The lowest BCUT2D eigenvalue weighted by atomic mass is 10.0. The van der Waals surface area contributed by atoms with Gasteiger partial charge in [-0.3, -0.25) is 4.79 Å². The molecule has 1 aliphatic rings. The van der Waals surface area contributed by atoms with E-state index in [0.717, 1.165) is 58.6 Å². The maximum absolute atomic E-state index is 12.7. The summed E-state index contributed by atoms with van der Waals surface area (Å²) in [5, 5.41) is 4.12. The van der Waals surface area contributed by atoms with Gasteiger partial charge in [-0.25, -0.2) is 0 Å². The SMILES string of the molecule is CCC/C=C/c1ccc(-c2c(C)c3c(n2-c2ccc(Cl)cc2Cl)CCNC3=O)cc1. The number of nitrogens with one attached hydrogen (secondary N) is 1. The van der Waals surface area contributed by atoms with Gasteiger partial charge < -0.3 is 9.88 Å². The van der Waals surface area contributed by atoms with Crippen LogP contribution in [0.5, 0.6) is 0 Å². The van der Waals surface area contributed by atoms with Crippen molar-refractivity contribution in [2.75, 3.05) is 6.54 Å². The van der Waals surface area contributed by atoms with E-state index in [2.05, 4.69) is 53.2 Å². The number of carbonyl (C=O) groups excluding carboxylic acids is 1. The summed E-state index contributed by atoms with van der Waals surface area (Å²) in [6.07, 6.45) is 7.29. The number of rotatable bonds is 5. The van der Waals surface area contributed by atoms with Crippen LogP contribution in [-0.4, -0.2) is 17.0 Å². The van der Waals surface area contributed by atoms with Gasteiger partial charge in [0.2, 0.25) is 0 Å². The zero-order valence-corrected chi connectivity index (χ0v) is 18.6. The molecule has 3 nitrogen and oxygen atoms in total. The van der Waals surface area contributed by atoms with E-state index in [4.69, 9.17) is 23.2 Å². The van der Waals surface area contributed by atoms with Crippen molar-refractivity contribution in [1.82, 2.24) is 9.88 Å². The molecule has 1 aromatic heterocycles. The second-order valence-corrected chi connectivity index (χ2v) is 8.39. The Hall–Kier alpha value is -2.49. The van der Waals surface area contributed by atoms with Gasteiger partial charge >= 0.3 is 0 Å². The number of nitrogens with zero attached hydrogens (tertiary/aromatic N) is 1. The first kappa shape index (κ1) is 20.8. The molecule has 154 valence electrons. The molecule has 4 rings (SSSR count). The van der Waals surface area contributed by atoms with Crippen LogP contribution in [0.25, 0.3) is 23.0 Å². The first-order chi connectivity index (χ1) is 14.5. The maximum atomic E-state index is 12.7. The maximum Gasteiger partial charge on any atom is 0.253 e. The largest absolute Gasteiger partial charge is 0.352 e. The second-order valence-electron chi connectivity index (χ2n) is 7.55. The fourth-order valence-electron chi connectivity index (χ4n) is 4.08. The molecule has 0 unspecified atom stereocenters. The quantitative estimate of drug-likeness (QED) is 0.463. The van der Waals surface area contributed by atoms with Crippen molar-refractivity contribution in [3.63, 3.8) is 0 Å². The number of carbonyl (C=O) groups is 1. The number of hydrogen-bond donors (Lipinski definition) is 1. The smallest absolute Gasteiger partial charge is 0.253 e. The third-order valence-electron chi connectivity index (χ3n) is 5.49. The van der Waals surface area contributed by atoms with Crippen LogP contribution in [0.2, 0.25) is 10.0 Å². The molecule has 0 spiro atoms. The van der Waals surface area contributed by atoms with Gasteiger partial charge in [0.05, 0.1) is 22.0 Å². The van der Waals surface area contributed by atoms with Crippen LogP contribution in [0.15, 0.2) is 48.5 Å². The topological polar surface area (TPSA) is 34.0 Å². The van der Waals surface area contributed by atoms with Crippen LogP contribution in [0, 0.1) is 6.92 Å². The number of allylic oxidation sites excluding steroid dienone is 1. The lowest BCUT2D eigenvalue weighted by molar-refractivity contribution is 0.0945. The van der Waals surface area contributed by atoms with Crippen molar-refractivity contribution in [3.05, 3.63) is 81.0 Å². The fraction of sp³-hybridized carbons (Fsp3) is 0.240. The average Bonchev–Trinajstić information content (AvgIpc) is 3.02. The number of benzene rings is 2. The summed E-state index contributed by atoms with van der Waals surface area (Å²) < 4.78 is 2.13. The van der Waals surface area contributed by atoms with Crippen molar-refractivity contribution in [2.24, 2.45) is 0 Å². The summed E-state index contributed by atoms with van der Waals surface area (Å²) >= 11 is 12.7. The summed E-state index contributed by atoms with van der Waals surface area (Å²) in [4.78, 5) is 12.7. The van der Waals surface area contributed by atoms with Gasteiger partial charge in [0, 0.05) is 23.7 Å². The molecule has 1 N–H and O–H groups in total. The van der Waals surface area contributed by atoms with Crippen LogP contribution in [0.4, 0.5) is 0 Å². The molecular weight excluding hydrogens is 415 g/mol. The molecule has 0 aliphatic carbocycles. The predicted molar refractivity (Wildman–Crippen MR) is 126 cm³/mol. The van der Waals surface area contributed by atoms with Crippen molar-refractivity contribution in [2.45, 2.75) is 33.1 Å². The number of unbranched alkanes of at least 4 members (excludes halogenated alkanes) is 1. The Balaban J connectivity index is 1.90. The summed E-state index contributed by atoms with van der Waals surface area (Å²) in [6.45, 7) is 4.79. The summed E-state index contributed by atoms with van der Waals surface area (Å²) in [5.74, 6) is -0.0297. The molecule has 2 aromatic carbocycles. The summed E-state index contributed by atoms with van der Waals surface area (Å²) in [7, 11) is 0. The first-order valence-electron chi connectivity index (χ1n) is 10.3. The molecule has 5 heteroatoms. The lowest BCUT2D eigenvalue weighted by Gasteiger charge is -2.19. The van der Waals surface area contributed by atoms with Crippen LogP contribution < -0.4 is 5.32 Å². The highest BCUT2D eigenvalue weighted by Gasteiger charge is 2.29. The molecule has 0 saturated heterocycles. The molecule has 0 saturated carbocycles. The van der Waals surface area contributed by atoms with Crippen molar-refractivity contribution < 1.29 is 4.79 Å². The van der Waals surface area contributed by atoms with E-state index in [1.807, 2.05) is 19.1 Å². The highest BCUT2D eigenvalue weighted by molar-refractivity contribution is 6.35. The fourth-order valence-corrected chi connectivity index (χ4v) is 4.58. The van der Waals surface area contributed by atoms with Crippen LogP contribution in [-0.2, 0) is 6.42 Å². The number of aromatic nitrogens is 1. The van der Waals surface area contributed by atoms with E-state index in [9.17, 15) is 4.79 Å². The lowest BCUT2D eigenvalue weighted by Crippen LogP contribution is -2.32. The molecule has 1 amide bonds. The first-order valence-corrected chi connectivity index (χ1v) is 11.0. The van der Waals surface area contributed by atoms with Crippen molar-refractivity contribution >= 4 is 35.2 Å². The number of amides is 1. The highest BCUT2D eigenvalue weighted by Crippen LogP contribution is 2.38. The van der Waals surface area contributed by atoms with Crippen molar-refractivity contribution in [3.8, 4) is 16.9 Å². The minimum absolute atomic E-state index is 0.0297.